The molecule has 1 aromatic rings. The average molecular weight is 246 g/mol. The summed E-state index contributed by atoms with van der Waals surface area (Å²) in [5.41, 5.74) is 0.330. The topological polar surface area (TPSA) is 9.23 Å². The molecule has 1 heterocycles. The molecule has 1 nitrogen and oxygen atoms in total. The van der Waals surface area contributed by atoms with Crippen molar-refractivity contribution in [3.63, 3.8) is 0 Å². The van der Waals surface area contributed by atoms with E-state index in [1.807, 2.05) is 0 Å². The van der Waals surface area contributed by atoms with Crippen molar-refractivity contribution in [3.05, 3.63) is 35.4 Å². The van der Waals surface area contributed by atoms with Crippen LogP contribution in [0.2, 0.25) is 0 Å². The largest absolute Gasteiger partial charge is 1.00 e. The van der Waals surface area contributed by atoms with Crippen LogP contribution in [0, 0.1) is 23.6 Å². The smallest absolute Gasteiger partial charge is 0.375 e. The van der Waals surface area contributed by atoms with E-state index in [1.165, 1.54) is 6.07 Å². The van der Waals surface area contributed by atoms with Gasteiger partial charge < -0.3 is 4.74 Å². The van der Waals surface area contributed by atoms with E-state index in [2.05, 4.69) is 13.0 Å². The number of hydrogen-bond donors (Lipinski definition) is 0. The van der Waals surface area contributed by atoms with Gasteiger partial charge in [0.05, 0.1) is 12.7 Å². The van der Waals surface area contributed by atoms with Crippen LogP contribution in [0.3, 0.4) is 0 Å². The monoisotopic (exact) mass is 246 g/mol. The molecule has 0 N–H and O–H groups in total. The zero-order valence-corrected chi connectivity index (χ0v) is 11.0. The van der Waals surface area contributed by atoms with Gasteiger partial charge in [-0.25, -0.2) is 4.39 Å². The molecule has 1 aromatic carbocycles. The molecule has 4 heteroatoms. The number of benzene rings is 1. The Balaban J connectivity index is 0.00000162. The van der Waals surface area contributed by atoms with E-state index in [4.69, 9.17) is 4.74 Å². The molecule has 0 amide bonds. The van der Waals surface area contributed by atoms with Gasteiger partial charge in [-0.3, -0.25) is 4.39 Å². The van der Waals surface area contributed by atoms with Crippen LogP contribution in [0.25, 0.3) is 0 Å². The van der Waals surface area contributed by atoms with Gasteiger partial charge in [0.25, 0.3) is 0 Å². The maximum absolute atomic E-state index is 13.5. The predicted octanol–water partition coefficient (Wildman–Crippen LogP) is 1.04. The summed E-state index contributed by atoms with van der Waals surface area (Å²) in [6, 6.07) is 5.18. The van der Waals surface area contributed by atoms with Crippen LogP contribution in [-0.2, 0) is 4.74 Å². The first kappa shape index (κ1) is 15.7. The molecule has 2 atom stereocenters. The molecule has 1 aliphatic heterocycles. The minimum absolute atomic E-state index is 0. The zero-order valence-electron chi connectivity index (χ0n) is 11.0. The van der Waals surface area contributed by atoms with Crippen molar-refractivity contribution in [1.82, 2.24) is 0 Å². The van der Waals surface area contributed by atoms with Gasteiger partial charge in [-0.2, -0.15) is 12.1 Å². The molecule has 2 unspecified atom stereocenters. The molecule has 18 heavy (non-hydrogen) atoms. The fourth-order valence-electron chi connectivity index (χ4n) is 2.40. The van der Waals surface area contributed by atoms with E-state index in [0.29, 0.717) is 18.1 Å². The first-order valence-electron chi connectivity index (χ1n) is 6.19. The molecule has 1 aliphatic rings. The van der Waals surface area contributed by atoms with Crippen LogP contribution < -0.4 is 18.9 Å². The number of halogens is 2. The van der Waals surface area contributed by atoms with Crippen molar-refractivity contribution in [2.75, 3.05) is 6.61 Å². The second-order valence-corrected chi connectivity index (χ2v) is 4.62. The molecule has 0 radical (unpaired) electrons. The van der Waals surface area contributed by atoms with Crippen molar-refractivity contribution < 1.29 is 32.4 Å². The third-order valence-corrected chi connectivity index (χ3v) is 3.33. The van der Waals surface area contributed by atoms with Crippen molar-refractivity contribution in [2.45, 2.75) is 38.7 Å². The Morgan fingerprint density at radius 3 is 2.78 bits per heavy atom. The van der Waals surface area contributed by atoms with Crippen LogP contribution in [0.15, 0.2) is 12.1 Å². The van der Waals surface area contributed by atoms with E-state index in [0.717, 1.165) is 25.7 Å². The quantitative estimate of drug-likeness (QED) is 0.572. The predicted molar refractivity (Wildman–Crippen MR) is 61.5 cm³/mol. The van der Waals surface area contributed by atoms with Gasteiger partial charge in [0.15, 0.2) is 0 Å². The molecular formula is C14H17F2LiO. The fraction of sp³-hybridized carbons (Fsp3) is 0.571. The van der Waals surface area contributed by atoms with Crippen molar-refractivity contribution in [1.29, 1.82) is 0 Å². The summed E-state index contributed by atoms with van der Waals surface area (Å²) < 4.78 is 32.2. The van der Waals surface area contributed by atoms with Crippen LogP contribution in [0.1, 0.15) is 44.3 Å². The summed E-state index contributed by atoms with van der Waals surface area (Å²) >= 11 is 0. The Kier molecular flexibility index (Phi) is 6.35. The van der Waals surface area contributed by atoms with Crippen molar-refractivity contribution >= 4 is 0 Å². The second kappa shape index (κ2) is 7.28. The van der Waals surface area contributed by atoms with Gasteiger partial charge in [-0.05, 0) is 25.2 Å². The minimum atomic E-state index is -0.915. The maximum Gasteiger partial charge on any atom is 1.00 e. The Morgan fingerprint density at radius 2 is 2.17 bits per heavy atom. The number of ether oxygens (including phenoxy) is 1. The van der Waals surface area contributed by atoms with Crippen LogP contribution >= 0.6 is 0 Å². The second-order valence-electron chi connectivity index (χ2n) is 4.62. The van der Waals surface area contributed by atoms with E-state index < -0.39 is 11.6 Å². The van der Waals surface area contributed by atoms with Crippen molar-refractivity contribution in [3.8, 4) is 0 Å². The van der Waals surface area contributed by atoms with Gasteiger partial charge in [0.2, 0.25) is 0 Å². The Hall–Kier alpha value is -0.363. The molecule has 1 saturated heterocycles. The van der Waals surface area contributed by atoms with Gasteiger partial charge in [0.1, 0.15) is 0 Å². The summed E-state index contributed by atoms with van der Waals surface area (Å²) in [6.45, 7) is 2.80. The molecular weight excluding hydrogens is 229 g/mol. The third kappa shape index (κ3) is 3.57. The van der Waals surface area contributed by atoms with Crippen LogP contribution in [0.5, 0.6) is 0 Å². The molecule has 2 rings (SSSR count). The SMILES string of the molecule is CCCC1CCC(c2cc[c-]c(F)c2F)OC1.[Li+]. The number of rotatable bonds is 3. The third-order valence-electron chi connectivity index (χ3n) is 3.33. The molecule has 0 aromatic heterocycles. The summed E-state index contributed by atoms with van der Waals surface area (Å²) in [5, 5.41) is 0. The van der Waals surface area contributed by atoms with E-state index >= 15 is 0 Å². The Labute approximate surface area is 119 Å². The first-order chi connectivity index (χ1) is 8.22. The summed E-state index contributed by atoms with van der Waals surface area (Å²) in [4.78, 5) is 0. The van der Waals surface area contributed by atoms with Gasteiger partial charge in [0, 0.05) is 11.6 Å². The molecule has 0 saturated carbocycles. The average Bonchev–Trinajstić information content (AvgIpc) is 2.34. The Bertz CT molecular complexity index is 376. The fourth-order valence-corrected chi connectivity index (χ4v) is 2.40. The molecule has 94 valence electrons. The molecule has 0 aliphatic carbocycles. The normalized spacial score (nSPS) is 23.5. The summed E-state index contributed by atoms with van der Waals surface area (Å²) in [6.07, 6.45) is 3.78. The van der Waals surface area contributed by atoms with E-state index in [1.54, 1.807) is 6.07 Å². The van der Waals surface area contributed by atoms with Gasteiger partial charge in [-0.15, -0.1) is 6.07 Å². The summed E-state index contributed by atoms with van der Waals surface area (Å²) in [5.74, 6) is -1.16. The standard InChI is InChI=1S/C14H17F2O.Li/c1-2-4-10-7-8-13(17-9-10)11-5-3-6-12(15)14(11)16;/h3,5,10,13H,2,4,7-9H2,1H3;/q-1;+1. The van der Waals surface area contributed by atoms with E-state index in [-0.39, 0.29) is 25.0 Å². The minimum Gasteiger partial charge on any atom is -0.375 e. The maximum atomic E-state index is 13.5. The first-order valence-corrected chi connectivity index (χ1v) is 6.19. The van der Waals surface area contributed by atoms with Crippen LogP contribution in [-0.4, -0.2) is 6.61 Å². The van der Waals surface area contributed by atoms with Crippen LogP contribution in [0.4, 0.5) is 8.78 Å². The number of hydrogen-bond acceptors (Lipinski definition) is 1. The molecule has 0 bridgehead atoms. The van der Waals surface area contributed by atoms with Gasteiger partial charge in [-0.1, -0.05) is 18.9 Å². The zero-order chi connectivity index (χ0) is 12.3. The molecule has 0 spiro atoms. The van der Waals surface area contributed by atoms with Crippen molar-refractivity contribution in [2.24, 2.45) is 5.92 Å². The molecule has 1 fully saturated rings. The Morgan fingerprint density at radius 1 is 1.39 bits per heavy atom. The van der Waals surface area contributed by atoms with E-state index in [9.17, 15) is 8.78 Å². The van der Waals surface area contributed by atoms with Gasteiger partial charge >= 0.3 is 18.9 Å². The summed E-state index contributed by atoms with van der Waals surface area (Å²) in [7, 11) is 0.